The summed E-state index contributed by atoms with van der Waals surface area (Å²) in [5, 5.41) is 8.56. The molecular formula is C17H14N2O5. The third kappa shape index (κ3) is 3.79. The van der Waals surface area contributed by atoms with Crippen molar-refractivity contribution < 1.29 is 18.7 Å². The minimum Gasteiger partial charge on any atom is -0.489 e. The number of carbonyl (C=O) groups is 1. The van der Waals surface area contributed by atoms with E-state index in [9.17, 15) is 9.59 Å². The second-order valence-corrected chi connectivity index (χ2v) is 5.29. The van der Waals surface area contributed by atoms with Gasteiger partial charge in [-0.25, -0.2) is 4.79 Å². The van der Waals surface area contributed by atoms with E-state index in [0.29, 0.717) is 17.8 Å². The first-order valence-electron chi connectivity index (χ1n) is 7.30. The second kappa shape index (κ2) is 6.54. The average molecular weight is 326 g/mol. The second-order valence-electron chi connectivity index (χ2n) is 5.29. The zero-order valence-corrected chi connectivity index (χ0v) is 12.7. The van der Waals surface area contributed by atoms with Gasteiger partial charge in [-0.05, 0) is 18.2 Å². The fraction of sp³-hybridized carbons (Fsp3) is 0.294. The quantitative estimate of drug-likeness (QED) is 0.442. The van der Waals surface area contributed by atoms with Crippen molar-refractivity contribution in [2.75, 3.05) is 13.2 Å². The molecule has 0 amide bonds. The van der Waals surface area contributed by atoms with Gasteiger partial charge in [-0.1, -0.05) is 0 Å². The van der Waals surface area contributed by atoms with Gasteiger partial charge < -0.3 is 13.9 Å². The molecule has 0 saturated carbocycles. The minimum absolute atomic E-state index is 0.0130. The number of nitrogens with zero attached hydrogens (tertiary/aromatic N) is 2. The number of terminal acetylenes is 1. The lowest BCUT2D eigenvalue weighted by atomic mass is 10.2. The summed E-state index contributed by atoms with van der Waals surface area (Å²) in [6, 6.07) is 8.17. The van der Waals surface area contributed by atoms with E-state index in [4.69, 9.17) is 20.3 Å². The van der Waals surface area contributed by atoms with Crippen LogP contribution in [-0.2, 0) is 9.53 Å². The van der Waals surface area contributed by atoms with E-state index in [1.54, 1.807) is 24.3 Å². The molecule has 0 aliphatic carbocycles. The molecule has 0 saturated heterocycles. The van der Waals surface area contributed by atoms with Crippen molar-refractivity contribution in [3.63, 3.8) is 0 Å². The van der Waals surface area contributed by atoms with Crippen LogP contribution in [0.1, 0.15) is 12.8 Å². The van der Waals surface area contributed by atoms with Crippen molar-refractivity contribution >= 4 is 16.9 Å². The molecule has 2 heterocycles. The van der Waals surface area contributed by atoms with Gasteiger partial charge in [0.1, 0.15) is 24.5 Å². The molecule has 24 heavy (non-hydrogen) atoms. The van der Waals surface area contributed by atoms with Crippen LogP contribution in [0.25, 0.3) is 11.0 Å². The Morgan fingerprint density at radius 2 is 2.04 bits per heavy atom. The lowest BCUT2D eigenvalue weighted by molar-refractivity contribution is -0.144. The molecule has 0 spiro atoms. The maximum atomic E-state index is 11.4. The molecule has 0 N–H and O–H groups in total. The Bertz CT molecular complexity index is 888. The molecule has 0 radical (unpaired) electrons. The molecule has 1 aliphatic heterocycles. The molecule has 1 aromatic heterocycles. The van der Waals surface area contributed by atoms with Gasteiger partial charge in [0, 0.05) is 23.9 Å². The SMILES string of the molecule is C#CCCC(=O)OCC1(COc2ccc3ccc(=O)oc3c2)N=N1. The van der Waals surface area contributed by atoms with Crippen LogP contribution in [0.15, 0.2) is 49.8 Å². The highest BCUT2D eigenvalue weighted by molar-refractivity contribution is 5.77. The smallest absolute Gasteiger partial charge is 0.336 e. The Morgan fingerprint density at radius 1 is 1.25 bits per heavy atom. The maximum Gasteiger partial charge on any atom is 0.336 e. The molecule has 0 unspecified atom stereocenters. The summed E-state index contributed by atoms with van der Waals surface area (Å²) in [6.45, 7) is 0.136. The summed E-state index contributed by atoms with van der Waals surface area (Å²) in [6.07, 6.45) is 5.59. The first kappa shape index (κ1) is 15.7. The highest BCUT2D eigenvalue weighted by Gasteiger charge is 2.43. The Labute approximate surface area is 137 Å². The van der Waals surface area contributed by atoms with Crippen LogP contribution < -0.4 is 10.4 Å². The number of hydrogen-bond acceptors (Lipinski definition) is 7. The van der Waals surface area contributed by atoms with E-state index in [1.165, 1.54) is 6.07 Å². The lowest BCUT2D eigenvalue weighted by Gasteiger charge is -2.12. The molecule has 0 bridgehead atoms. The van der Waals surface area contributed by atoms with Crippen molar-refractivity contribution in [1.29, 1.82) is 0 Å². The van der Waals surface area contributed by atoms with Gasteiger partial charge in [-0.15, -0.1) is 12.3 Å². The van der Waals surface area contributed by atoms with Gasteiger partial charge in [0.15, 0.2) is 0 Å². The Hall–Kier alpha value is -3.14. The molecule has 0 atom stereocenters. The van der Waals surface area contributed by atoms with Crippen LogP contribution >= 0.6 is 0 Å². The van der Waals surface area contributed by atoms with Crippen LogP contribution in [0, 0.1) is 12.3 Å². The monoisotopic (exact) mass is 326 g/mol. The minimum atomic E-state index is -0.863. The summed E-state index contributed by atoms with van der Waals surface area (Å²) < 4.78 is 15.8. The first-order chi connectivity index (χ1) is 11.6. The van der Waals surface area contributed by atoms with Crippen molar-refractivity contribution in [2.45, 2.75) is 18.5 Å². The van der Waals surface area contributed by atoms with Crippen molar-refractivity contribution in [3.05, 3.63) is 40.8 Å². The molecule has 3 rings (SSSR count). The molecule has 1 aliphatic rings. The largest absolute Gasteiger partial charge is 0.489 e. The van der Waals surface area contributed by atoms with E-state index in [0.717, 1.165) is 5.39 Å². The normalized spacial score (nSPS) is 14.1. The molecular weight excluding hydrogens is 312 g/mol. The van der Waals surface area contributed by atoms with Crippen LogP contribution in [0.3, 0.4) is 0 Å². The third-order valence-electron chi connectivity index (χ3n) is 3.39. The predicted octanol–water partition coefficient (Wildman–Crippen LogP) is 2.29. The van der Waals surface area contributed by atoms with Crippen LogP contribution in [0.5, 0.6) is 5.75 Å². The number of ether oxygens (including phenoxy) is 2. The zero-order valence-electron chi connectivity index (χ0n) is 12.7. The molecule has 7 heteroatoms. The molecule has 2 aromatic rings. The van der Waals surface area contributed by atoms with Gasteiger partial charge in [0.05, 0.1) is 6.42 Å². The number of carbonyl (C=O) groups excluding carboxylic acids is 1. The fourth-order valence-electron chi connectivity index (χ4n) is 2.00. The Morgan fingerprint density at radius 3 is 2.79 bits per heavy atom. The average Bonchev–Trinajstić information content (AvgIpc) is 3.36. The van der Waals surface area contributed by atoms with Gasteiger partial charge in [-0.2, -0.15) is 10.2 Å². The number of hydrogen-bond donors (Lipinski definition) is 0. The maximum absolute atomic E-state index is 11.4. The lowest BCUT2D eigenvalue weighted by Crippen LogP contribution is -2.29. The summed E-state index contributed by atoms with van der Waals surface area (Å²) in [4.78, 5) is 22.7. The standard InChI is InChI=1S/C17H14N2O5/c1-2-3-4-15(20)23-11-17(18-19-17)10-22-13-7-5-12-6-8-16(21)24-14(12)9-13/h1,5-9H,3-4,10-11H2. The summed E-state index contributed by atoms with van der Waals surface area (Å²) in [7, 11) is 0. The van der Waals surface area contributed by atoms with Crippen molar-refractivity contribution in [1.82, 2.24) is 0 Å². The van der Waals surface area contributed by atoms with E-state index >= 15 is 0 Å². The summed E-state index contributed by atoms with van der Waals surface area (Å²) in [5.41, 5.74) is -0.861. The number of rotatable bonds is 7. The van der Waals surface area contributed by atoms with Gasteiger partial charge in [0.25, 0.3) is 5.66 Å². The van der Waals surface area contributed by atoms with Crippen LogP contribution in [0.4, 0.5) is 0 Å². The highest BCUT2D eigenvalue weighted by Crippen LogP contribution is 2.30. The highest BCUT2D eigenvalue weighted by atomic mass is 16.5. The van der Waals surface area contributed by atoms with Crippen molar-refractivity contribution in [2.24, 2.45) is 10.2 Å². The fourth-order valence-corrected chi connectivity index (χ4v) is 2.00. The topological polar surface area (TPSA) is 90.5 Å². The number of fused-ring (bicyclic) bond motifs is 1. The van der Waals surface area contributed by atoms with Gasteiger partial charge >= 0.3 is 11.6 Å². The van der Waals surface area contributed by atoms with Gasteiger partial charge in [0.2, 0.25) is 0 Å². The van der Waals surface area contributed by atoms with E-state index in [1.807, 2.05) is 0 Å². The molecule has 1 aromatic carbocycles. The van der Waals surface area contributed by atoms with E-state index < -0.39 is 17.3 Å². The Balaban J connectivity index is 1.56. The third-order valence-corrected chi connectivity index (χ3v) is 3.39. The van der Waals surface area contributed by atoms with E-state index in [-0.39, 0.29) is 19.6 Å². The number of benzene rings is 1. The van der Waals surface area contributed by atoms with Gasteiger partial charge in [-0.3, -0.25) is 4.79 Å². The Kier molecular flexibility index (Phi) is 4.29. The predicted molar refractivity (Wildman–Crippen MR) is 84.6 cm³/mol. The van der Waals surface area contributed by atoms with E-state index in [2.05, 4.69) is 16.1 Å². The zero-order chi connectivity index (χ0) is 17.0. The van der Waals surface area contributed by atoms with Crippen LogP contribution in [-0.4, -0.2) is 24.8 Å². The first-order valence-corrected chi connectivity index (χ1v) is 7.30. The summed E-state index contributed by atoms with van der Waals surface area (Å²) in [5.74, 6) is 2.49. The molecule has 7 nitrogen and oxygen atoms in total. The summed E-state index contributed by atoms with van der Waals surface area (Å²) >= 11 is 0. The van der Waals surface area contributed by atoms with Crippen LogP contribution in [0.2, 0.25) is 0 Å². The number of esters is 1. The molecule has 122 valence electrons. The van der Waals surface area contributed by atoms with Crippen molar-refractivity contribution in [3.8, 4) is 18.1 Å². The molecule has 0 fully saturated rings.